The fraction of sp³-hybridized carbons (Fsp3) is 0.857. The second-order valence-corrected chi connectivity index (χ2v) is 5.00. The van der Waals surface area contributed by atoms with Crippen molar-refractivity contribution in [1.82, 2.24) is 4.72 Å². The summed E-state index contributed by atoms with van der Waals surface area (Å²) in [4.78, 5) is 10.9. The topological polar surface area (TPSA) is 72.5 Å². The lowest BCUT2D eigenvalue weighted by Gasteiger charge is -2.26. The van der Waals surface area contributed by atoms with E-state index >= 15 is 0 Å². The number of hydrogen-bond acceptors (Lipinski definition) is 4. The minimum absolute atomic E-state index is 0.0594. The summed E-state index contributed by atoms with van der Waals surface area (Å²) in [5, 5.41) is 0. The maximum Gasteiger partial charge on any atom is 0.516 e. The van der Waals surface area contributed by atoms with Gasteiger partial charge in [-0.05, 0) is 6.42 Å². The van der Waals surface area contributed by atoms with Gasteiger partial charge in [-0.3, -0.25) is 4.79 Å². The van der Waals surface area contributed by atoms with Gasteiger partial charge in [0.15, 0.2) is 0 Å². The number of nitrogens with one attached hydrogen (secondary N) is 1. The lowest BCUT2D eigenvalue weighted by atomic mass is 10.3. The zero-order chi connectivity index (χ0) is 16.4. The maximum absolute atomic E-state index is 13.4. The Morgan fingerprint density at radius 3 is 1.85 bits per heavy atom. The van der Waals surface area contributed by atoms with Crippen molar-refractivity contribution in [3.8, 4) is 0 Å². The molecule has 0 spiro atoms. The van der Waals surface area contributed by atoms with E-state index in [0.717, 1.165) is 0 Å². The molecule has 0 aliphatic heterocycles. The minimum atomic E-state index is -6.48. The van der Waals surface area contributed by atoms with E-state index in [1.165, 1.54) is 6.92 Å². The largest absolute Gasteiger partial charge is 0.516 e. The Morgan fingerprint density at radius 2 is 1.55 bits per heavy atom. The molecular weight excluding hydrogens is 327 g/mol. The van der Waals surface area contributed by atoms with Crippen LogP contribution in [0.5, 0.6) is 0 Å². The highest BCUT2D eigenvalue weighted by molar-refractivity contribution is 7.90. The van der Waals surface area contributed by atoms with Crippen molar-refractivity contribution in [3.63, 3.8) is 0 Å². The van der Waals surface area contributed by atoms with E-state index in [4.69, 9.17) is 0 Å². The van der Waals surface area contributed by atoms with Crippen molar-refractivity contribution in [1.29, 1.82) is 0 Å². The number of carbonyl (C=O) groups excluding carboxylic acids is 1. The van der Waals surface area contributed by atoms with Gasteiger partial charge in [0, 0.05) is 0 Å². The number of sulfonamides is 1. The van der Waals surface area contributed by atoms with Gasteiger partial charge in [-0.1, -0.05) is 6.92 Å². The van der Waals surface area contributed by atoms with Gasteiger partial charge in [-0.25, -0.2) is 4.72 Å². The van der Waals surface area contributed by atoms with Crippen molar-refractivity contribution in [3.05, 3.63) is 0 Å². The zero-order valence-electron chi connectivity index (χ0n) is 9.60. The molecule has 0 fully saturated rings. The Kier molecular flexibility index (Phi) is 5.40. The minimum Gasteiger partial charge on any atom is -0.332 e. The van der Waals surface area contributed by atoms with E-state index in [1.807, 2.05) is 0 Å². The molecule has 0 aromatic carbocycles. The average molecular weight is 335 g/mol. The summed E-state index contributed by atoms with van der Waals surface area (Å²) in [6.07, 6.45) is -6.27. The highest BCUT2D eigenvalue weighted by atomic mass is 32.2. The van der Waals surface area contributed by atoms with E-state index < -0.39 is 40.1 Å². The Hall–Kier alpha value is -1.11. The quantitative estimate of drug-likeness (QED) is 0.775. The Balaban J connectivity index is 5.40. The number of amides is 1. The molecule has 0 saturated carbocycles. The number of halogens is 7. The smallest absolute Gasteiger partial charge is 0.332 e. The van der Waals surface area contributed by atoms with Crippen molar-refractivity contribution in [2.75, 3.05) is 6.61 Å². The van der Waals surface area contributed by atoms with E-state index in [-0.39, 0.29) is 11.1 Å². The average Bonchev–Trinajstić information content (AvgIpc) is 2.21. The highest BCUT2D eigenvalue weighted by Gasteiger charge is 2.65. The Bertz CT molecular complexity index is 457. The molecule has 0 aliphatic carbocycles. The van der Waals surface area contributed by atoms with Gasteiger partial charge in [-0.2, -0.15) is 39.2 Å². The van der Waals surface area contributed by atoms with Crippen LogP contribution in [0.2, 0.25) is 0 Å². The standard InChI is InChI=1S/C7H8F7NO4S/c1-2-3-19-5(8,6(9,10)11)4(16)15-20(17,18)7(12,13)14/h2-3H2,1H3,(H,15,16). The summed E-state index contributed by atoms with van der Waals surface area (Å²) in [5.74, 6) is -8.34. The first-order chi connectivity index (χ1) is 8.69. The Labute approximate surface area is 108 Å². The van der Waals surface area contributed by atoms with Crippen LogP contribution in [0.15, 0.2) is 0 Å². The third kappa shape index (κ3) is 3.94. The maximum atomic E-state index is 13.4. The number of alkyl halides is 7. The fourth-order valence-corrected chi connectivity index (χ4v) is 1.26. The molecule has 1 amide bonds. The van der Waals surface area contributed by atoms with Crippen LogP contribution in [0, 0.1) is 0 Å². The first-order valence-corrected chi connectivity index (χ1v) is 6.20. The summed E-state index contributed by atoms with van der Waals surface area (Å²) in [6.45, 7) is 0.247. The van der Waals surface area contributed by atoms with Crippen LogP contribution in [0.4, 0.5) is 30.7 Å². The molecule has 5 nitrogen and oxygen atoms in total. The van der Waals surface area contributed by atoms with Crippen LogP contribution in [0.3, 0.4) is 0 Å². The molecule has 1 atom stereocenters. The third-order valence-electron chi connectivity index (χ3n) is 1.69. The molecule has 1 unspecified atom stereocenters. The van der Waals surface area contributed by atoms with Gasteiger partial charge in [-0.15, -0.1) is 0 Å². The molecule has 1 N–H and O–H groups in total. The second-order valence-electron chi connectivity index (χ2n) is 3.32. The monoisotopic (exact) mass is 335 g/mol. The summed E-state index contributed by atoms with van der Waals surface area (Å²) in [5.41, 5.74) is -6.08. The van der Waals surface area contributed by atoms with Crippen molar-refractivity contribution in [2.45, 2.75) is 30.9 Å². The van der Waals surface area contributed by atoms with Gasteiger partial charge >= 0.3 is 33.5 Å². The number of rotatable bonds is 5. The van der Waals surface area contributed by atoms with Crippen molar-refractivity contribution < 1.29 is 48.7 Å². The normalized spacial score (nSPS) is 16.6. The molecule has 0 rings (SSSR count). The molecular formula is C7H8F7NO4S. The van der Waals surface area contributed by atoms with Crippen LogP contribution in [-0.4, -0.2) is 38.5 Å². The van der Waals surface area contributed by atoms with Gasteiger partial charge in [0.1, 0.15) is 0 Å². The lowest BCUT2D eigenvalue weighted by molar-refractivity contribution is -0.314. The summed E-state index contributed by atoms with van der Waals surface area (Å²) in [7, 11) is -6.48. The van der Waals surface area contributed by atoms with Crippen LogP contribution in [-0.2, 0) is 19.6 Å². The molecule has 0 heterocycles. The molecule has 13 heteroatoms. The number of hydrogen-bond donors (Lipinski definition) is 1. The summed E-state index contributed by atoms with van der Waals surface area (Å²) < 4.78 is 110. The second kappa shape index (κ2) is 5.71. The highest BCUT2D eigenvalue weighted by Crippen LogP contribution is 2.36. The first-order valence-electron chi connectivity index (χ1n) is 4.72. The molecule has 0 aliphatic rings. The molecule has 0 aromatic heterocycles. The molecule has 0 saturated heterocycles. The van der Waals surface area contributed by atoms with Crippen LogP contribution in [0.1, 0.15) is 13.3 Å². The lowest BCUT2D eigenvalue weighted by Crippen LogP contribution is -2.58. The van der Waals surface area contributed by atoms with E-state index in [2.05, 4.69) is 4.74 Å². The third-order valence-corrected chi connectivity index (χ3v) is 2.76. The number of carbonyl (C=O) groups is 1. The van der Waals surface area contributed by atoms with Gasteiger partial charge in [0.2, 0.25) is 0 Å². The van der Waals surface area contributed by atoms with Gasteiger partial charge in [0.05, 0.1) is 6.61 Å². The summed E-state index contributed by atoms with van der Waals surface area (Å²) >= 11 is 0. The van der Waals surface area contributed by atoms with E-state index in [9.17, 15) is 43.9 Å². The molecule has 0 radical (unpaired) electrons. The van der Waals surface area contributed by atoms with Crippen molar-refractivity contribution >= 4 is 15.9 Å². The molecule has 20 heavy (non-hydrogen) atoms. The van der Waals surface area contributed by atoms with Crippen LogP contribution >= 0.6 is 0 Å². The first kappa shape index (κ1) is 18.9. The fourth-order valence-electron chi connectivity index (χ4n) is 0.764. The number of ether oxygens (including phenoxy) is 1. The predicted molar refractivity (Wildman–Crippen MR) is 49.3 cm³/mol. The van der Waals surface area contributed by atoms with Crippen LogP contribution < -0.4 is 4.72 Å². The predicted octanol–water partition coefficient (Wildman–Crippen LogP) is 1.61. The van der Waals surface area contributed by atoms with Crippen LogP contribution in [0.25, 0.3) is 0 Å². The molecule has 0 aromatic rings. The van der Waals surface area contributed by atoms with Crippen molar-refractivity contribution in [2.24, 2.45) is 0 Å². The Morgan fingerprint density at radius 1 is 1.10 bits per heavy atom. The van der Waals surface area contributed by atoms with E-state index in [1.54, 1.807) is 0 Å². The molecule has 120 valence electrons. The molecule has 0 bridgehead atoms. The SMILES string of the molecule is CCCOC(F)(C(=O)NS(=O)(=O)C(F)(F)F)C(F)(F)F. The van der Waals surface area contributed by atoms with Gasteiger partial charge in [0.25, 0.3) is 0 Å². The zero-order valence-corrected chi connectivity index (χ0v) is 10.4. The van der Waals surface area contributed by atoms with Gasteiger partial charge < -0.3 is 4.74 Å². The summed E-state index contributed by atoms with van der Waals surface area (Å²) in [6, 6.07) is 0. The van der Waals surface area contributed by atoms with E-state index in [0.29, 0.717) is 0 Å².